The molecule has 0 spiro atoms. The molecule has 1 N–H and O–H groups in total. The summed E-state index contributed by atoms with van der Waals surface area (Å²) < 4.78 is 5.05. The van der Waals surface area contributed by atoms with E-state index in [2.05, 4.69) is 0 Å². The molecule has 0 aromatic carbocycles. The predicted molar refractivity (Wildman–Crippen MR) is 42.3 cm³/mol. The van der Waals surface area contributed by atoms with Gasteiger partial charge in [-0.2, -0.15) is 0 Å². The molecular formula is C7H8O3S. The third-order valence-corrected chi connectivity index (χ3v) is 1.98. The topological polar surface area (TPSA) is 46.5 Å². The number of carbonyl (C=O) groups excluding carboxylic acids is 1. The van der Waals surface area contributed by atoms with Crippen molar-refractivity contribution in [3.05, 3.63) is 17.0 Å². The molecule has 0 bridgehead atoms. The molecular weight excluding hydrogens is 164 g/mol. The fraction of sp³-hybridized carbons (Fsp3) is 0.286. The number of thiophene rings is 1. The predicted octanol–water partition coefficient (Wildman–Crippen LogP) is 0.932. The molecule has 11 heavy (non-hydrogen) atoms. The number of aliphatic hydroxyl groups is 1. The highest BCUT2D eigenvalue weighted by Crippen LogP contribution is 2.22. The summed E-state index contributed by atoms with van der Waals surface area (Å²) in [6.07, 6.45) is 0.774. The van der Waals surface area contributed by atoms with Crippen molar-refractivity contribution < 1.29 is 14.6 Å². The summed E-state index contributed by atoms with van der Waals surface area (Å²) >= 11 is 1.27. The van der Waals surface area contributed by atoms with Gasteiger partial charge in [0.05, 0.1) is 11.5 Å². The second-order valence-electron chi connectivity index (χ2n) is 1.85. The van der Waals surface area contributed by atoms with Gasteiger partial charge in [-0.1, -0.05) is 11.3 Å². The van der Waals surface area contributed by atoms with Crippen LogP contribution in [-0.4, -0.2) is 24.6 Å². The van der Waals surface area contributed by atoms with E-state index >= 15 is 0 Å². The average molecular weight is 172 g/mol. The van der Waals surface area contributed by atoms with Gasteiger partial charge in [0, 0.05) is 0 Å². The first-order chi connectivity index (χ1) is 5.36. The van der Waals surface area contributed by atoms with Crippen LogP contribution in [0.3, 0.4) is 0 Å². The summed E-state index contributed by atoms with van der Waals surface area (Å²) in [4.78, 5) is 10.8. The van der Waals surface area contributed by atoms with Crippen LogP contribution in [0.4, 0.5) is 0 Å². The lowest BCUT2D eigenvalue weighted by Crippen LogP contribution is -1.99. The molecule has 1 heterocycles. The SMILES string of the molecule is O=Cc1ccc(OCCO)s1. The molecule has 0 aliphatic heterocycles. The lowest BCUT2D eigenvalue weighted by Gasteiger charge is -1.97. The molecule has 60 valence electrons. The van der Waals surface area contributed by atoms with Crippen molar-refractivity contribution in [2.45, 2.75) is 0 Å². The standard InChI is InChI=1S/C7H8O3S/c8-3-4-10-7-2-1-6(5-9)11-7/h1-2,5,8H,3-4H2. The van der Waals surface area contributed by atoms with Gasteiger partial charge in [-0.25, -0.2) is 0 Å². The minimum Gasteiger partial charge on any atom is -0.482 e. The molecule has 0 saturated carbocycles. The first-order valence-electron chi connectivity index (χ1n) is 3.15. The number of carbonyl (C=O) groups is 1. The van der Waals surface area contributed by atoms with Gasteiger partial charge in [0.2, 0.25) is 0 Å². The van der Waals surface area contributed by atoms with E-state index in [4.69, 9.17) is 9.84 Å². The maximum absolute atomic E-state index is 10.2. The lowest BCUT2D eigenvalue weighted by molar-refractivity contribution is 0.112. The normalized spacial score (nSPS) is 9.55. The molecule has 0 saturated heterocycles. The van der Waals surface area contributed by atoms with E-state index in [1.807, 2.05) is 0 Å². The van der Waals surface area contributed by atoms with Gasteiger partial charge in [0.25, 0.3) is 0 Å². The van der Waals surface area contributed by atoms with E-state index in [9.17, 15) is 4.79 Å². The molecule has 1 rings (SSSR count). The van der Waals surface area contributed by atoms with Crippen LogP contribution >= 0.6 is 11.3 Å². The van der Waals surface area contributed by atoms with Crippen molar-refractivity contribution in [2.75, 3.05) is 13.2 Å². The molecule has 0 radical (unpaired) electrons. The van der Waals surface area contributed by atoms with Crippen LogP contribution < -0.4 is 4.74 Å². The first kappa shape index (κ1) is 8.23. The van der Waals surface area contributed by atoms with E-state index in [-0.39, 0.29) is 13.2 Å². The van der Waals surface area contributed by atoms with Crippen molar-refractivity contribution >= 4 is 17.6 Å². The molecule has 0 amide bonds. The Hall–Kier alpha value is -0.870. The molecule has 0 unspecified atom stereocenters. The summed E-state index contributed by atoms with van der Waals surface area (Å²) in [6, 6.07) is 3.40. The van der Waals surface area contributed by atoms with Crippen LogP contribution in [0.5, 0.6) is 5.06 Å². The zero-order valence-electron chi connectivity index (χ0n) is 5.82. The van der Waals surface area contributed by atoms with E-state index in [0.717, 1.165) is 6.29 Å². The van der Waals surface area contributed by atoms with Gasteiger partial charge in [-0.15, -0.1) is 0 Å². The minimum atomic E-state index is -0.00563. The zero-order chi connectivity index (χ0) is 8.10. The van der Waals surface area contributed by atoms with Crippen molar-refractivity contribution in [3.8, 4) is 5.06 Å². The fourth-order valence-electron chi connectivity index (χ4n) is 0.622. The van der Waals surface area contributed by atoms with Gasteiger partial charge in [0.15, 0.2) is 11.3 Å². The monoisotopic (exact) mass is 172 g/mol. The van der Waals surface area contributed by atoms with Crippen LogP contribution in [0.2, 0.25) is 0 Å². The number of hydrogen-bond acceptors (Lipinski definition) is 4. The van der Waals surface area contributed by atoms with Crippen molar-refractivity contribution in [3.63, 3.8) is 0 Å². The highest BCUT2D eigenvalue weighted by Gasteiger charge is 1.97. The second-order valence-corrected chi connectivity index (χ2v) is 2.92. The van der Waals surface area contributed by atoms with Gasteiger partial charge >= 0.3 is 0 Å². The Morgan fingerprint density at radius 1 is 1.64 bits per heavy atom. The third-order valence-electron chi connectivity index (χ3n) is 1.05. The van der Waals surface area contributed by atoms with E-state index < -0.39 is 0 Å². The number of rotatable bonds is 4. The Morgan fingerprint density at radius 3 is 3.00 bits per heavy atom. The van der Waals surface area contributed by atoms with E-state index in [0.29, 0.717) is 9.94 Å². The molecule has 1 aromatic rings. The quantitative estimate of drug-likeness (QED) is 0.687. The van der Waals surface area contributed by atoms with Gasteiger partial charge in [0.1, 0.15) is 6.61 Å². The Labute approximate surface area is 68.2 Å². The van der Waals surface area contributed by atoms with Crippen molar-refractivity contribution in [2.24, 2.45) is 0 Å². The average Bonchev–Trinajstić information content (AvgIpc) is 2.48. The number of aldehydes is 1. The number of ether oxygens (including phenoxy) is 1. The molecule has 1 aromatic heterocycles. The second kappa shape index (κ2) is 4.10. The fourth-order valence-corrected chi connectivity index (χ4v) is 1.32. The summed E-state index contributed by atoms with van der Waals surface area (Å²) in [7, 11) is 0. The van der Waals surface area contributed by atoms with Gasteiger partial charge < -0.3 is 9.84 Å². The summed E-state index contributed by atoms with van der Waals surface area (Å²) in [5.41, 5.74) is 0. The maximum atomic E-state index is 10.2. The number of hydrogen-bond donors (Lipinski definition) is 1. The number of aliphatic hydroxyl groups excluding tert-OH is 1. The Balaban J connectivity index is 2.51. The molecule has 0 fully saturated rings. The van der Waals surface area contributed by atoms with Crippen LogP contribution in [0.1, 0.15) is 9.67 Å². The Bertz CT molecular complexity index is 231. The molecule has 0 aliphatic carbocycles. The third kappa shape index (κ3) is 2.32. The van der Waals surface area contributed by atoms with E-state index in [1.165, 1.54) is 11.3 Å². The highest BCUT2D eigenvalue weighted by atomic mass is 32.1. The maximum Gasteiger partial charge on any atom is 0.174 e. The van der Waals surface area contributed by atoms with Gasteiger partial charge in [-0.3, -0.25) is 4.79 Å². The van der Waals surface area contributed by atoms with Crippen LogP contribution in [0.15, 0.2) is 12.1 Å². The zero-order valence-corrected chi connectivity index (χ0v) is 6.63. The first-order valence-corrected chi connectivity index (χ1v) is 3.97. The molecule has 4 heteroatoms. The van der Waals surface area contributed by atoms with E-state index in [1.54, 1.807) is 12.1 Å². The van der Waals surface area contributed by atoms with Crippen LogP contribution in [0, 0.1) is 0 Å². The Kier molecular flexibility index (Phi) is 3.07. The smallest absolute Gasteiger partial charge is 0.174 e. The highest BCUT2D eigenvalue weighted by molar-refractivity contribution is 7.15. The summed E-state index contributed by atoms with van der Waals surface area (Å²) in [6.45, 7) is 0.271. The van der Waals surface area contributed by atoms with Crippen molar-refractivity contribution in [1.29, 1.82) is 0 Å². The molecule has 0 atom stereocenters. The summed E-state index contributed by atoms with van der Waals surface area (Å²) in [5, 5.41) is 9.07. The van der Waals surface area contributed by atoms with Crippen LogP contribution in [-0.2, 0) is 0 Å². The minimum absolute atomic E-state index is 0.00563. The van der Waals surface area contributed by atoms with Crippen LogP contribution in [0.25, 0.3) is 0 Å². The molecule has 0 aliphatic rings. The lowest BCUT2D eigenvalue weighted by atomic mass is 10.5. The van der Waals surface area contributed by atoms with Crippen molar-refractivity contribution in [1.82, 2.24) is 0 Å². The van der Waals surface area contributed by atoms with Gasteiger partial charge in [-0.05, 0) is 12.1 Å². The Morgan fingerprint density at radius 2 is 2.45 bits per heavy atom. The largest absolute Gasteiger partial charge is 0.482 e. The summed E-state index contributed by atoms with van der Waals surface area (Å²) in [5.74, 6) is 0. The molecule has 3 nitrogen and oxygen atoms in total.